The van der Waals surface area contributed by atoms with E-state index in [0.29, 0.717) is 43.4 Å². The van der Waals surface area contributed by atoms with E-state index in [0.717, 1.165) is 16.7 Å². The SMILES string of the molecule is CCOC(=O)CCN(Cc1cccc(OCc2ccccc2)c1)C(=O)c1ccc(OCc2ccccc2)cc1. The van der Waals surface area contributed by atoms with E-state index in [1.807, 2.05) is 84.9 Å². The van der Waals surface area contributed by atoms with Crippen molar-refractivity contribution in [2.24, 2.45) is 0 Å². The Morgan fingerprint density at radius 1 is 0.667 bits per heavy atom. The number of ether oxygens (including phenoxy) is 3. The second-order valence-corrected chi connectivity index (χ2v) is 9.00. The number of benzene rings is 4. The van der Waals surface area contributed by atoms with Crippen molar-refractivity contribution in [3.63, 3.8) is 0 Å². The summed E-state index contributed by atoms with van der Waals surface area (Å²) < 4.78 is 16.9. The molecule has 1 amide bonds. The van der Waals surface area contributed by atoms with E-state index < -0.39 is 0 Å². The van der Waals surface area contributed by atoms with Gasteiger partial charge in [0.05, 0.1) is 13.0 Å². The number of esters is 1. The van der Waals surface area contributed by atoms with E-state index in [4.69, 9.17) is 14.2 Å². The molecule has 0 fully saturated rings. The van der Waals surface area contributed by atoms with E-state index in [-0.39, 0.29) is 24.8 Å². The first kappa shape index (κ1) is 27.5. The van der Waals surface area contributed by atoms with Crippen LogP contribution in [0.2, 0.25) is 0 Å². The van der Waals surface area contributed by atoms with Gasteiger partial charge in [0.2, 0.25) is 0 Å². The number of carbonyl (C=O) groups excluding carboxylic acids is 2. The third-order valence-electron chi connectivity index (χ3n) is 6.05. The molecule has 0 radical (unpaired) electrons. The van der Waals surface area contributed by atoms with Crippen LogP contribution >= 0.6 is 0 Å². The predicted molar refractivity (Wildman–Crippen MR) is 150 cm³/mol. The Morgan fingerprint density at radius 3 is 1.87 bits per heavy atom. The Kier molecular flexibility index (Phi) is 10.1. The molecule has 200 valence electrons. The van der Waals surface area contributed by atoms with Gasteiger partial charge in [-0.3, -0.25) is 9.59 Å². The van der Waals surface area contributed by atoms with Crippen molar-refractivity contribution in [1.29, 1.82) is 0 Å². The molecule has 0 spiro atoms. The molecule has 0 aromatic heterocycles. The van der Waals surface area contributed by atoms with Gasteiger partial charge in [-0.15, -0.1) is 0 Å². The highest BCUT2D eigenvalue weighted by Crippen LogP contribution is 2.20. The van der Waals surface area contributed by atoms with Gasteiger partial charge in [-0.25, -0.2) is 0 Å². The van der Waals surface area contributed by atoms with E-state index in [1.54, 1.807) is 36.1 Å². The molecule has 6 nitrogen and oxygen atoms in total. The molecule has 0 saturated heterocycles. The zero-order valence-electron chi connectivity index (χ0n) is 22.1. The van der Waals surface area contributed by atoms with Crippen LogP contribution in [0.25, 0.3) is 0 Å². The van der Waals surface area contributed by atoms with E-state index >= 15 is 0 Å². The minimum Gasteiger partial charge on any atom is -0.489 e. The molecule has 0 heterocycles. The monoisotopic (exact) mass is 523 g/mol. The average molecular weight is 524 g/mol. The maximum absolute atomic E-state index is 13.5. The fourth-order valence-corrected chi connectivity index (χ4v) is 4.02. The number of nitrogens with zero attached hydrogens (tertiary/aromatic N) is 1. The van der Waals surface area contributed by atoms with Crippen molar-refractivity contribution in [2.75, 3.05) is 13.2 Å². The first-order valence-electron chi connectivity index (χ1n) is 13.1. The highest BCUT2D eigenvalue weighted by Gasteiger charge is 2.18. The van der Waals surface area contributed by atoms with Crippen molar-refractivity contribution in [3.05, 3.63) is 131 Å². The third kappa shape index (κ3) is 8.75. The third-order valence-corrected chi connectivity index (χ3v) is 6.05. The van der Waals surface area contributed by atoms with Crippen molar-refractivity contribution >= 4 is 11.9 Å². The minimum atomic E-state index is -0.333. The summed E-state index contributed by atoms with van der Waals surface area (Å²) in [5, 5.41) is 0. The summed E-state index contributed by atoms with van der Waals surface area (Å²) in [6.45, 7) is 3.53. The molecule has 4 aromatic rings. The number of hydrogen-bond donors (Lipinski definition) is 0. The summed E-state index contributed by atoms with van der Waals surface area (Å²) in [5.41, 5.74) is 3.56. The molecule has 0 aliphatic heterocycles. The maximum Gasteiger partial charge on any atom is 0.307 e. The van der Waals surface area contributed by atoms with Crippen LogP contribution in [0.3, 0.4) is 0 Å². The lowest BCUT2D eigenvalue weighted by atomic mass is 10.1. The second-order valence-electron chi connectivity index (χ2n) is 9.00. The van der Waals surface area contributed by atoms with Gasteiger partial charge in [-0.05, 0) is 60.0 Å². The molecule has 0 aliphatic carbocycles. The van der Waals surface area contributed by atoms with E-state index in [1.165, 1.54) is 0 Å². The van der Waals surface area contributed by atoms with Gasteiger partial charge in [0, 0.05) is 18.7 Å². The predicted octanol–water partition coefficient (Wildman–Crippen LogP) is 6.44. The zero-order valence-corrected chi connectivity index (χ0v) is 22.1. The lowest BCUT2D eigenvalue weighted by molar-refractivity contribution is -0.143. The minimum absolute atomic E-state index is 0.113. The summed E-state index contributed by atoms with van der Waals surface area (Å²) in [5.74, 6) is 0.884. The smallest absolute Gasteiger partial charge is 0.307 e. The molecule has 4 aromatic carbocycles. The maximum atomic E-state index is 13.5. The zero-order chi connectivity index (χ0) is 27.3. The van der Waals surface area contributed by atoms with Gasteiger partial charge in [-0.2, -0.15) is 0 Å². The van der Waals surface area contributed by atoms with Crippen molar-refractivity contribution in [1.82, 2.24) is 4.90 Å². The first-order valence-corrected chi connectivity index (χ1v) is 13.1. The van der Waals surface area contributed by atoms with Gasteiger partial charge >= 0.3 is 5.97 Å². The first-order chi connectivity index (χ1) is 19.1. The highest BCUT2D eigenvalue weighted by molar-refractivity contribution is 5.94. The van der Waals surface area contributed by atoms with Crippen LogP contribution in [0, 0.1) is 0 Å². The van der Waals surface area contributed by atoms with Gasteiger partial charge in [-0.1, -0.05) is 72.8 Å². The Labute approximate surface area is 229 Å². The number of carbonyl (C=O) groups is 2. The van der Waals surface area contributed by atoms with E-state index in [2.05, 4.69) is 0 Å². The van der Waals surface area contributed by atoms with Crippen LogP contribution in [0.5, 0.6) is 11.5 Å². The number of hydrogen-bond acceptors (Lipinski definition) is 5. The second kappa shape index (κ2) is 14.4. The molecule has 0 saturated carbocycles. The quantitative estimate of drug-likeness (QED) is 0.189. The summed E-state index contributed by atoms with van der Waals surface area (Å²) in [6.07, 6.45) is 0.113. The molecular weight excluding hydrogens is 490 g/mol. The normalized spacial score (nSPS) is 10.5. The Morgan fingerprint density at radius 2 is 1.26 bits per heavy atom. The van der Waals surface area contributed by atoms with Crippen LogP contribution < -0.4 is 9.47 Å². The molecule has 0 atom stereocenters. The Balaban J connectivity index is 1.43. The van der Waals surface area contributed by atoms with E-state index in [9.17, 15) is 9.59 Å². The molecule has 0 aliphatic rings. The molecule has 4 rings (SSSR count). The summed E-state index contributed by atoms with van der Waals surface area (Å²) in [7, 11) is 0. The molecular formula is C33H33NO5. The average Bonchev–Trinajstić information content (AvgIpc) is 2.98. The van der Waals surface area contributed by atoms with Gasteiger partial charge in [0.1, 0.15) is 24.7 Å². The summed E-state index contributed by atoms with van der Waals surface area (Å²) in [4.78, 5) is 27.2. The fourth-order valence-electron chi connectivity index (χ4n) is 4.02. The van der Waals surface area contributed by atoms with Crippen LogP contribution in [-0.2, 0) is 29.3 Å². The summed E-state index contributed by atoms with van der Waals surface area (Å²) >= 11 is 0. The Bertz CT molecular complexity index is 1320. The fraction of sp³-hybridized carbons (Fsp3) is 0.212. The highest BCUT2D eigenvalue weighted by atomic mass is 16.5. The largest absolute Gasteiger partial charge is 0.489 e. The Hall–Kier alpha value is -4.58. The topological polar surface area (TPSA) is 65.1 Å². The molecule has 39 heavy (non-hydrogen) atoms. The van der Waals surface area contributed by atoms with Gasteiger partial charge < -0.3 is 19.1 Å². The number of rotatable bonds is 13. The molecule has 0 unspecified atom stereocenters. The number of amides is 1. The molecule has 0 bridgehead atoms. The van der Waals surface area contributed by atoms with Crippen LogP contribution in [0.4, 0.5) is 0 Å². The molecule has 6 heteroatoms. The van der Waals surface area contributed by atoms with Crippen LogP contribution in [0.1, 0.15) is 40.4 Å². The van der Waals surface area contributed by atoms with Crippen molar-refractivity contribution in [2.45, 2.75) is 33.1 Å². The standard InChI is InChI=1S/C33H33NO5/c1-2-37-32(35)20-21-34(23-28-14-9-15-31(22-28)39-25-27-12-7-4-8-13-27)33(36)29-16-18-30(19-17-29)38-24-26-10-5-3-6-11-26/h3-19,22H,2,20-21,23-25H2,1H3. The van der Waals surface area contributed by atoms with Crippen molar-refractivity contribution < 1.29 is 23.8 Å². The van der Waals surface area contributed by atoms with Crippen molar-refractivity contribution in [3.8, 4) is 11.5 Å². The summed E-state index contributed by atoms with van der Waals surface area (Å²) in [6, 6.07) is 34.6. The van der Waals surface area contributed by atoms with Gasteiger partial charge in [0.15, 0.2) is 0 Å². The lowest BCUT2D eigenvalue weighted by Gasteiger charge is -2.23. The lowest BCUT2D eigenvalue weighted by Crippen LogP contribution is -2.33. The van der Waals surface area contributed by atoms with Crippen LogP contribution in [0.15, 0.2) is 109 Å². The van der Waals surface area contributed by atoms with Gasteiger partial charge in [0.25, 0.3) is 5.91 Å². The van der Waals surface area contributed by atoms with Crippen LogP contribution in [-0.4, -0.2) is 29.9 Å². The molecule has 0 N–H and O–H groups in total.